The average Bonchev–Trinajstić information content (AvgIpc) is 3.30. The molecule has 0 atom stereocenters. The van der Waals surface area contributed by atoms with Crippen molar-refractivity contribution >= 4 is 17.4 Å². The minimum absolute atomic E-state index is 0.0794. The minimum atomic E-state index is -0.0794. The lowest BCUT2D eigenvalue weighted by atomic mass is 10.2. The van der Waals surface area contributed by atoms with Crippen LogP contribution in [0.4, 0.5) is 0 Å². The third kappa shape index (κ3) is 3.60. The summed E-state index contributed by atoms with van der Waals surface area (Å²) in [6.45, 7) is 7.02. The van der Waals surface area contributed by atoms with Gasteiger partial charge in [0, 0.05) is 24.6 Å². The molecule has 0 radical (unpaired) electrons. The number of pyridine rings is 1. The van der Waals surface area contributed by atoms with Crippen molar-refractivity contribution in [2.45, 2.75) is 38.2 Å². The number of hydrogen-bond donors (Lipinski definition) is 0. The zero-order valence-corrected chi connectivity index (χ0v) is 16.8. The van der Waals surface area contributed by atoms with Crippen molar-refractivity contribution in [1.82, 2.24) is 24.1 Å². The van der Waals surface area contributed by atoms with E-state index in [1.54, 1.807) is 22.9 Å². The summed E-state index contributed by atoms with van der Waals surface area (Å²) < 4.78 is 9.14. The van der Waals surface area contributed by atoms with E-state index in [2.05, 4.69) is 33.6 Å². The summed E-state index contributed by atoms with van der Waals surface area (Å²) in [5, 5.41) is 9.45. The number of aromatic nitrogens is 5. The van der Waals surface area contributed by atoms with Gasteiger partial charge in [0.2, 0.25) is 0 Å². The molecule has 0 aromatic carbocycles. The van der Waals surface area contributed by atoms with Gasteiger partial charge in [0.15, 0.2) is 16.7 Å². The number of furan rings is 1. The smallest absolute Gasteiger partial charge is 0.258 e. The number of thioether (sulfide) groups is 1. The fraction of sp³-hybridized carbons (Fsp3) is 0.300. The number of aryl methyl sites for hydroxylation is 1. The maximum absolute atomic E-state index is 12.4. The lowest BCUT2D eigenvalue weighted by molar-refractivity contribution is 0.489. The number of fused-ring (bicyclic) bond motifs is 1. The van der Waals surface area contributed by atoms with Gasteiger partial charge in [-0.25, -0.2) is 4.98 Å². The molecule has 0 bridgehead atoms. The molecule has 144 valence electrons. The summed E-state index contributed by atoms with van der Waals surface area (Å²) >= 11 is 1.52. The van der Waals surface area contributed by atoms with E-state index in [0.29, 0.717) is 28.9 Å². The molecule has 28 heavy (non-hydrogen) atoms. The summed E-state index contributed by atoms with van der Waals surface area (Å²) in [5.41, 5.74) is 2.30. The molecule has 7 nitrogen and oxygen atoms in total. The Kier molecular flexibility index (Phi) is 5.04. The topological polar surface area (TPSA) is 78.2 Å². The van der Waals surface area contributed by atoms with Crippen LogP contribution in [-0.2, 0) is 12.3 Å². The SMILES string of the molecule is Cc1cccn2c(=O)cc(CSc3nnc(-c4ccco4)n3CC(C)C)nc12. The molecule has 0 fully saturated rings. The molecule has 0 aliphatic carbocycles. The van der Waals surface area contributed by atoms with Crippen molar-refractivity contribution in [2.75, 3.05) is 0 Å². The van der Waals surface area contributed by atoms with Gasteiger partial charge in [-0.05, 0) is 36.6 Å². The third-order valence-corrected chi connectivity index (χ3v) is 5.29. The highest BCUT2D eigenvalue weighted by atomic mass is 32.2. The van der Waals surface area contributed by atoms with E-state index in [1.165, 1.54) is 11.8 Å². The monoisotopic (exact) mass is 395 g/mol. The van der Waals surface area contributed by atoms with Gasteiger partial charge in [-0.15, -0.1) is 10.2 Å². The zero-order chi connectivity index (χ0) is 19.7. The van der Waals surface area contributed by atoms with Crippen LogP contribution >= 0.6 is 11.8 Å². The van der Waals surface area contributed by atoms with Crippen molar-refractivity contribution < 1.29 is 4.42 Å². The number of rotatable bonds is 6. The fourth-order valence-corrected chi connectivity index (χ4v) is 3.87. The fourth-order valence-electron chi connectivity index (χ4n) is 3.03. The Labute approximate surface area is 166 Å². The van der Waals surface area contributed by atoms with E-state index >= 15 is 0 Å². The van der Waals surface area contributed by atoms with E-state index in [4.69, 9.17) is 4.42 Å². The molecular weight excluding hydrogens is 374 g/mol. The lowest BCUT2D eigenvalue weighted by Crippen LogP contribution is -2.15. The minimum Gasteiger partial charge on any atom is -0.461 e. The van der Waals surface area contributed by atoms with Gasteiger partial charge in [0.1, 0.15) is 5.65 Å². The predicted molar refractivity (Wildman–Crippen MR) is 108 cm³/mol. The Balaban J connectivity index is 1.64. The highest BCUT2D eigenvalue weighted by Crippen LogP contribution is 2.27. The standard InChI is InChI=1S/C20H21N5O2S/c1-13(2)11-25-19(16-7-5-9-27-16)22-23-20(25)28-12-15-10-17(26)24-8-4-6-14(3)18(24)21-15/h4-10,13H,11-12H2,1-3H3. The summed E-state index contributed by atoms with van der Waals surface area (Å²) in [6.07, 6.45) is 3.37. The Bertz CT molecular complexity index is 1160. The molecular formula is C20H21N5O2S. The third-order valence-electron chi connectivity index (χ3n) is 4.29. The molecule has 4 rings (SSSR count). The molecule has 4 aromatic heterocycles. The highest BCUT2D eigenvalue weighted by molar-refractivity contribution is 7.98. The number of nitrogens with zero attached hydrogens (tertiary/aromatic N) is 5. The van der Waals surface area contributed by atoms with Crippen LogP contribution in [0.1, 0.15) is 25.1 Å². The first kappa shape index (κ1) is 18.5. The molecule has 0 aliphatic heterocycles. The van der Waals surface area contributed by atoms with Crippen molar-refractivity contribution in [2.24, 2.45) is 5.92 Å². The summed E-state index contributed by atoms with van der Waals surface area (Å²) in [7, 11) is 0. The molecule has 0 N–H and O–H groups in total. The Morgan fingerprint density at radius 2 is 2.07 bits per heavy atom. The molecule has 0 saturated heterocycles. The molecule has 0 saturated carbocycles. The van der Waals surface area contributed by atoms with Crippen molar-refractivity contribution in [3.05, 3.63) is 64.4 Å². The van der Waals surface area contributed by atoms with E-state index in [-0.39, 0.29) is 5.56 Å². The molecule has 4 aromatic rings. The molecule has 4 heterocycles. The molecule has 0 unspecified atom stereocenters. The average molecular weight is 395 g/mol. The van der Waals surface area contributed by atoms with Gasteiger partial charge in [0.25, 0.3) is 5.56 Å². The highest BCUT2D eigenvalue weighted by Gasteiger charge is 2.17. The second-order valence-electron chi connectivity index (χ2n) is 7.05. The van der Waals surface area contributed by atoms with Crippen molar-refractivity contribution in [3.8, 4) is 11.6 Å². The van der Waals surface area contributed by atoms with Gasteiger partial charge >= 0.3 is 0 Å². The molecule has 0 spiro atoms. The van der Waals surface area contributed by atoms with Gasteiger partial charge in [-0.1, -0.05) is 31.7 Å². The quantitative estimate of drug-likeness (QED) is 0.462. The van der Waals surface area contributed by atoms with E-state index in [9.17, 15) is 4.79 Å². The first-order valence-electron chi connectivity index (χ1n) is 9.10. The number of hydrogen-bond acceptors (Lipinski definition) is 6. The summed E-state index contributed by atoms with van der Waals surface area (Å²) in [6, 6.07) is 9.10. The molecule has 0 aliphatic rings. The van der Waals surface area contributed by atoms with E-state index in [0.717, 1.165) is 23.0 Å². The molecule has 8 heteroatoms. The van der Waals surface area contributed by atoms with E-state index < -0.39 is 0 Å². The Morgan fingerprint density at radius 1 is 1.21 bits per heavy atom. The summed E-state index contributed by atoms with van der Waals surface area (Å²) in [5.74, 6) is 2.37. The van der Waals surface area contributed by atoms with Crippen LogP contribution in [0.5, 0.6) is 0 Å². The van der Waals surface area contributed by atoms with Crippen LogP contribution in [0.25, 0.3) is 17.2 Å². The largest absolute Gasteiger partial charge is 0.461 e. The van der Waals surface area contributed by atoms with Crippen LogP contribution in [-0.4, -0.2) is 24.1 Å². The van der Waals surface area contributed by atoms with Gasteiger partial charge in [-0.2, -0.15) is 0 Å². The van der Waals surface area contributed by atoms with Crippen LogP contribution in [0.2, 0.25) is 0 Å². The van der Waals surface area contributed by atoms with Crippen molar-refractivity contribution in [3.63, 3.8) is 0 Å². The van der Waals surface area contributed by atoms with Crippen molar-refractivity contribution in [1.29, 1.82) is 0 Å². The molecule has 0 amide bonds. The lowest BCUT2D eigenvalue weighted by Gasteiger charge is -2.11. The first-order chi connectivity index (χ1) is 13.5. The Morgan fingerprint density at radius 3 is 2.82 bits per heavy atom. The zero-order valence-electron chi connectivity index (χ0n) is 16.0. The predicted octanol–water partition coefficient (Wildman–Crippen LogP) is 3.80. The maximum Gasteiger partial charge on any atom is 0.258 e. The van der Waals surface area contributed by atoms with Gasteiger partial charge in [-0.3, -0.25) is 13.8 Å². The van der Waals surface area contributed by atoms with Crippen LogP contribution in [0, 0.1) is 12.8 Å². The van der Waals surface area contributed by atoms with Gasteiger partial charge in [0.05, 0.1) is 12.0 Å². The van der Waals surface area contributed by atoms with Crippen LogP contribution in [0.15, 0.2) is 57.2 Å². The second kappa shape index (κ2) is 7.63. The van der Waals surface area contributed by atoms with E-state index in [1.807, 2.05) is 31.2 Å². The summed E-state index contributed by atoms with van der Waals surface area (Å²) in [4.78, 5) is 17.1. The van der Waals surface area contributed by atoms with Crippen LogP contribution < -0.4 is 5.56 Å². The normalized spacial score (nSPS) is 11.6. The van der Waals surface area contributed by atoms with Crippen LogP contribution in [0.3, 0.4) is 0 Å². The second-order valence-corrected chi connectivity index (χ2v) is 7.99. The first-order valence-corrected chi connectivity index (χ1v) is 10.1. The maximum atomic E-state index is 12.4. The van der Waals surface area contributed by atoms with Gasteiger partial charge < -0.3 is 4.42 Å². The Hall–Kier alpha value is -2.87.